The first-order chi connectivity index (χ1) is 14.2. The number of aromatic nitrogens is 4. The molecule has 1 aliphatic carbocycles. The largest absolute Gasteiger partial charge is 0.446 e. The van der Waals surface area contributed by atoms with Crippen LogP contribution in [0.1, 0.15) is 71.2 Å². The van der Waals surface area contributed by atoms with E-state index in [1.54, 1.807) is 0 Å². The normalized spacial score (nSPS) is 18.8. The van der Waals surface area contributed by atoms with E-state index in [1.165, 1.54) is 12.4 Å². The number of alkyl carbamates (subject to hydrolysis) is 1. The average molecular weight is 412 g/mol. The van der Waals surface area contributed by atoms with E-state index in [-0.39, 0.29) is 35.4 Å². The van der Waals surface area contributed by atoms with E-state index >= 15 is 0 Å². The highest BCUT2D eigenvalue weighted by Gasteiger charge is 2.32. The Morgan fingerprint density at radius 3 is 2.67 bits per heavy atom. The van der Waals surface area contributed by atoms with Crippen molar-refractivity contribution in [3.05, 3.63) is 29.8 Å². The van der Waals surface area contributed by atoms with Crippen LogP contribution in [0.15, 0.2) is 18.5 Å². The summed E-state index contributed by atoms with van der Waals surface area (Å²) in [5.74, 6) is 1.57. The van der Waals surface area contributed by atoms with Crippen LogP contribution in [0.4, 0.5) is 16.4 Å². The summed E-state index contributed by atoms with van der Waals surface area (Å²) in [5, 5.41) is 19.8. The molecule has 2 atom stereocenters. The highest BCUT2D eigenvalue weighted by atomic mass is 16.6. The van der Waals surface area contributed by atoms with Gasteiger partial charge in [-0.3, -0.25) is 0 Å². The van der Waals surface area contributed by atoms with E-state index in [2.05, 4.69) is 41.4 Å². The van der Waals surface area contributed by atoms with Crippen molar-refractivity contribution < 1.29 is 9.53 Å². The monoisotopic (exact) mass is 411 g/mol. The lowest BCUT2D eigenvalue weighted by atomic mass is 10.0. The third-order valence-electron chi connectivity index (χ3n) is 4.87. The Kier molecular flexibility index (Phi) is 6.25. The lowest BCUT2D eigenvalue weighted by Crippen LogP contribution is -2.33. The smallest absolute Gasteiger partial charge is 0.407 e. The fourth-order valence-electron chi connectivity index (χ4n) is 3.52. The van der Waals surface area contributed by atoms with Gasteiger partial charge >= 0.3 is 6.09 Å². The van der Waals surface area contributed by atoms with E-state index in [1.807, 2.05) is 30.7 Å². The summed E-state index contributed by atoms with van der Waals surface area (Å²) >= 11 is 0. The molecule has 160 valence electrons. The second kappa shape index (κ2) is 8.69. The van der Waals surface area contributed by atoms with Crippen LogP contribution >= 0.6 is 0 Å². The van der Waals surface area contributed by atoms with E-state index in [9.17, 15) is 4.79 Å². The second-order valence-corrected chi connectivity index (χ2v) is 8.90. The quantitative estimate of drug-likeness (QED) is 0.768. The zero-order chi connectivity index (χ0) is 21.9. The van der Waals surface area contributed by atoms with Gasteiger partial charge in [0, 0.05) is 18.0 Å². The van der Waals surface area contributed by atoms with Crippen LogP contribution in [-0.4, -0.2) is 38.0 Å². The third-order valence-corrected chi connectivity index (χ3v) is 4.87. The number of carbonyl (C=O) groups excluding carboxylic acids is 1. The molecule has 0 aromatic carbocycles. The molecular formula is C21H29N7O2. The first-order valence-electron chi connectivity index (χ1n) is 10.2. The van der Waals surface area contributed by atoms with Gasteiger partial charge in [0.2, 0.25) is 0 Å². The van der Waals surface area contributed by atoms with Gasteiger partial charge < -0.3 is 15.4 Å². The summed E-state index contributed by atoms with van der Waals surface area (Å²) in [7, 11) is 0. The zero-order valence-corrected chi connectivity index (χ0v) is 18.1. The van der Waals surface area contributed by atoms with Crippen LogP contribution in [0, 0.1) is 11.3 Å². The third kappa shape index (κ3) is 5.26. The molecule has 2 aromatic heterocycles. The molecule has 9 nitrogen and oxygen atoms in total. The SMILES string of the molecule is CC(C)NC(=O)OC1CCC(c2cc(Nc3cnc(C#N)cn3)n(C(C)(C)C)n2)C1. The molecule has 0 radical (unpaired) electrons. The van der Waals surface area contributed by atoms with E-state index in [0.717, 1.165) is 30.8 Å². The van der Waals surface area contributed by atoms with Crippen LogP contribution in [0.25, 0.3) is 0 Å². The molecule has 1 fully saturated rings. The van der Waals surface area contributed by atoms with Crippen LogP contribution in [-0.2, 0) is 10.3 Å². The molecule has 2 aromatic rings. The minimum Gasteiger partial charge on any atom is -0.446 e. The number of hydrogen-bond acceptors (Lipinski definition) is 7. The summed E-state index contributed by atoms with van der Waals surface area (Å²) < 4.78 is 7.48. The van der Waals surface area contributed by atoms with Gasteiger partial charge in [0.15, 0.2) is 5.69 Å². The Hall–Kier alpha value is -3.15. The van der Waals surface area contributed by atoms with Crippen LogP contribution in [0.2, 0.25) is 0 Å². The van der Waals surface area contributed by atoms with Crippen molar-refractivity contribution in [3.63, 3.8) is 0 Å². The number of nitrogens with zero attached hydrogens (tertiary/aromatic N) is 5. The molecule has 3 rings (SSSR count). The van der Waals surface area contributed by atoms with Crippen molar-refractivity contribution in [1.82, 2.24) is 25.1 Å². The fraction of sp³-hybridized carbons (Fsp3) is 0.571. The number of carbonyl (C=O) groups is 1. The topological polar surface area (TPSA) is 118 Å². The summed E-state index contributed by atoms with van der Waals surface area (Å²) in [6, 6.07) is 4.04. The predicted molar refractivity (Wildman–Crippen MR) is 112 cm³/mol. The minimum absolute atomic E-state index is 0.0520. The van der Waals surface area contributed by atoms with Crippen molar-refractivity contribution in [2.24, 2.45) is 0 Å². The molecule has 1 amide bonds. The van der Waals surface area contributed by atoms with Crippen LogP contribution in [0.3, 0.4) is 0 Å². The molecule has 0 saturated heterocycles. The lowest BCUT2D eigenvalue weighted by molar-refractivity contribution is 0.0981. The second-order valence-electron chi connectivity index (χ2n) is 8.90. The summed E-state index contributed by atoms with van der Waals surface area (Å²) in [4.78, 5) is 20.2. The van der Waals surface area contributed by atoms with E-state index in [4.69, 9.17) is 15.1 Å². The van der Waals surface area contributed by atoms with Crippen molar-refractivity contribution in [1.29, 1.82) is 5.26 Å². The highest BCUT2D eigenvalue weighted by molar-refractivity contribution is 5.67. The molecule has 0 spiro atoms. The number of amides is 1. The van der Waals surface area contributed by atoms with Crippen molar-refractivity contribution in [2.75, 3.05) is 5.32 Å². The number of ether oxygens (including phenoxy) is 1. The van der Waals surface area contributed by atoms with Gasteiger partial charge in [0.05, 0.1) is 23.6 Å². The van der Waals surface area contributed by atoms with E-state index in [0.29, 0.717) is 5.82 Å². The predicted octanol–water partition coefficient (Wildman–Crippen LogP) is 3.81. The van der Waals surface area contributed by atoms with Crippen molar-refractivity contribution >= 4 is 17.7 Å². The van der Waals surface area contributed by atoms with Gasteiger partial charge in [-0.2, -0.15) is 10.4 Å². The maximum Gasteiger partial charge on any atom is 0.407 e. The lowest BCUT2D eigenvalue weighted by Gasteiger charge is -2.22. The van der Waals surface area contributed by atoms with Crippen molar-refractivity contribution in [3.8, 4) is 6.07 Å². The zero-order valence-electron chi connectivity index (χ0n) is 18.1. The van der Waals surface area contributed by atoms with Crippen molar-refractivity contribution in [2.45, 2.75) is 77.5 Å². The number of anilines is 2. The maximum atomic E-state index is 11.9. The number of nitrogens with one attached hydrogen (secondary N) is 2. The fourth-order valence-corrected chi connectivity index (χ4v) is 3.52. The average Bonchev–Trinajstić information content (AvgIpc) is 3.28. The molecule has 0 aliphatic heterocycles. The summed E-state index contributed by atoms with van der Waals surface area (Å²) in [6.07, 6.45) is 4.99. The number of rotatable bonds is 5. The summed E-state index contributed by atoms with van der Waals surface area (Å²) in [6.45, 7) is 10.1. The van der Waals surface area contributed by atoms with Crippen LogP contribution in [0.5, 0.6) is 0 Å². The van der Waals surface area contributed by atoms with Gasteiger partial charge in [-0.15, -0.1) is 0 Å². The highest BCUT2D eigenvalue weighted by Crippen LogP contribution is 2.37. The summed E-state index contributed by atoms with van der Waals surface area (Å²) in [5.41, 5.74) is 0.986. The molecule has 1 aliphatic rings. The Morgan fingerprint density at radius 1 is 1.30 bits per heavy atom. The first kappa shape index (κ1) is 21.6. The molecule has 2 unspecified atom stereocenters. The maximum absolute atomic E-state index is 11.9. The Bertz CT molecular complexity index is 922. The molecule has 0 bridgehead atoms. The molecule has 2 N–H and O–H groups in total. The van der Waals surface area contributed by atoms with E-state index < -0.39 is 0 Å². The van der Waals surface area contributed by atoms with Crippen LogP contribution < -0.4 is 10.6 Å². The number of hydrogen-bond donors (Lipinski definition) is 2. The molecule has 30 heavy (non-hydrogen) atoms. The number of nitriles is 1. The molecule has 1 saturated carbocycles. The first-order valence-corrected chi connectivity index (χ1v) is 10.2. The van der Waals surface area contributed by atoms with Gasteiger partial charge in [0.25, 0.3) is 0 Å². The molecule has 9 heteroatoms. The van der Waals surface area contributed by atoms with Gasteiger partial charge in [-0.05, 0) is 53.9 Å². The molecule has 2 heterocycles. The van der Waals surface area contributed by atoms with Gasteiger partial charge in [-0.25, -0.2) is 19.4 Å². The standard InChI is InChI=1S/C21H29N7O2/c1-13(2)25-20(29)30-16-7-6-14(8-16)17-9-19(28(27-17)21(3,4)5)26-18-12-23-15(10-22)11-24-18/h9,11-14,16H,6-8H2,1-5H3,(H,24,26)(H,25,29). The Balaban J connectivity index is 1.74. The van der Waals surface area contributed by atoms with Gasteiger partial charge in [0.1, 0.15) is 23.8 Å². The Morgan fingerprint density at radius 2 is 2.07 bits per heavy atom. The molecular weight excluding hydrogens is 382 g/mol. The Labute approximate surface area is 176 Å². The van der Waals surface area contributed by atoms with Gasteiger partial charge in [-0.1, -0.05) is 0 Å². The minimum atomic E-state index is -0.363.